The summed E-state index contributed by atoms with van der Waals surface area (Å²) in [6.07, 6.45) is 0.391. The van der Waals surface area contributed by atoms with E-state index in [-0.39, 0.29) is 5.91 Å². The molecule has 6 heteroatoms. The zero-order valence-electron chi connectivity index (χ0n) is 13.2. The van der Waals surface area contributed by atoms with Crippen LogP contribution in [-0.4, -0.2) is 25.7 Å². The molecule has 1 amide bonds. The van der Waals surface area contributed by atoms with Crippen molar-refractivity contribution in [3.8, 4) is 11.5 Å². The van der Waals surface area contributed by atoms with E-state index >= 15 is 0 Å². The first kappa shape index (κ1) is 16.6. The van der Waals surface area contributed by atoms with Crippen LogP contribution in [0.25, 0.3) is 0 Å². The number of benzene rings is 2. The standard InChI is InChI=1S/C18H19ClN2O3/c19-14-3-1-13(2-4-14)12-20-8-7-18(22)21-15-5-6-16-17(11-15)24-10-9-23-16/h1-6,11,20H,7-10,12H2,(H,21,22). The van der Waals surface area contributed by atoms with E-state index in [1.165, 1.54) is 0 Å². The number of rotatable bonds is 6. The highest BCUT2D eigenvalue weighted by molar-refractivity contribution is 6.30. The molecular formula is C18H19ClN2O3. The fourth-order valence-corrected chi connectivity index (χ4v) is 2.51. The third kappa shape index (κ3) is 4.63. The molecule has 126 valence electrons. The van der Waals surface area contributed by atoms with Crippen LogP contribution >= 0.6 is 11.6 Å². The van der Waals surface area contributed by atoms with Gasteiger partial charge in [-0.1, -0.05) is 23.7 Å². The van der Waals surface area contributed by atoms with Gasteiger partial charge in [0.2, 0.25) is 5.91 Å². The second-order valence-corrected chi connectivity index (χ2v) is 5.90. The molecule has 0 aromatic heterocycles. The van der Waals surface area contributed by atoms with Crippen LogP contribution in [0.2, 0.25) is 5.02 Å². The summed E-state index contributed by atoms with van der Waals surface area (Å²) in [4.78, 5) is 12.0. The summed E-state index contributed by atoms with van der Waals surface area (Å²) in [5.74, 6) is 1.33. The van der Waals surface area contributed by atoms with Gasteiger partial charge < -0.3 is 20.1 Å². The number of hydrogen-bond donors (Lipinski definition) is 2. The number of anilines is 1. The third-order valence-corrected chi connectivity index (χ3v) is 3.85. The van der Waals surface area contributed by atoms with Gasteiger partial charge in [-0.25, -0.2) is 0 Å². The molecule has 1 aliphatic rings. The Balaban J connectivity index is 1.41. The Morgan fingerprint density at radius 1 is 1.04 bits per heavy atom. The molecule has 24 heavy (non-hydrogen) atoms. The first-order valence-corrected chi connectivity index (χ1v) is 8.23. The molecule has 1 heterocycles. The Kier molecular flexibility index (Phi) is 5.56. The zero-order valence-corrected chi connectivity index (χ0v) is 13.9. The van der Waals surface area contributed by atoms with E-state index in [2.05, 4.69) is 10.6 Å². The van der Waals surface area contributed by atoms with Gasteiger partial charge in [0, 0.05) is 36.3 Å². The van der Waals surface area contributed by atoms with Crippen LogP contribution in [0.3, 0.4) is 0 Å². The maximum absolute atomic E-state index is 12.0. The molecule has 0 atom stereocenters. The summed E-state index contributed by atoms with van der Waals surface area (Å²) in [6.45, 7) is 2.38. The maximum atomic E-state index is 12.0. The largest absolute Gasteiger partial charge is 0.486 e. The van der Waals surface area contributed by atoms with Crippen molar-refractivity contribution in [2.75, 3.05) is 25.1 Å². The molecule has 3 rings (SSSR count). The second kappa shape index (κ2) is 8.04. The van der Waals surface area contributed by atoms with Crippen molar-refractivity contribution in [1.82, 2.24) is 5.32 Å². The quantitative estimate of drug-likeness (QED) is 0.788. The molecule has 5 nitrogen and oxygen atoms in total. The lowest BCUT2D eigenvalue weighted by molar-refractivity contribution is -0.116. The first-order chi connectivity index (χ1) is 11.7. The normalized spacial score (nSPS) is 12.7. The molecule has 0 spiro atoms. The van der Waals surface area contributed by atoms with Gasteiger partial charge in [0.05, 0.1) is 0 Å². The average Bonchev–Trinajstić information content (AvgIpc) is 2.60. The number of fused-ring (bicyclic) bond motifs is 1. The van der Waals surface area contributed by atoms with Gasteiger partial charge in [-0.2, -0.15) is 0 Å². The summed E-state index contributed by atoms with van der Waals surface area (Å²) in [6, 6.07) is 13.0. The number of carbonyl (C=O) groups is 1. The van der Waals surface area contributed by atoms with Crippen LogP contribution in [0, 0.1) is 0 Å². The predicted octanol–water partition coefficient (Wildman–Crippen LogP) is 3.23. The predicted molar refractivity (Wildman–Crippen MR) is 93.8 cm³/mol. The van der Waals surface area contributed by atoms with Gasteiger partial charge in [0.1, 0.15) is 13.2 Å². The number of ether oxygens (including phenoxy) is 2. The Morgan fingerprint density at radius 2 is 1.79 bits per heavy atom. The van der Waals surface area contributed by atoms with Crippen molar-refractivity contribution in [2.45, 2.75) is 13.0 Å². The number of amides is 1. The van der Waals surface area contributed by atoms with Gasteiger partial charge in [-0.15, -0.1) is 0 Å². The van der Waals surface area contributed by atoms with Gasteiger partial charge in [0.25, 0.3) is 0 Å². The third-order valence-electron chi connectivity index (χ3n) is 3.60. The molecule has 0 bridgehead atoms. The van der Waals surface area contributed by atoms with Crippen LogP contribution in [-0.2, 0) is 11.3 Å². The number of nitrogens with one attached hydrogen (secondary N) is 2. The lowest BCUT2D eigenvalue weighted by atomic mass is 10.2. The monoisotopic (exact) mass is 346 g/mol. The summed E-state index contributed by atoms with van der Waals surface area (Å²) in [5.41, 5.74) is 1.84. The fraction of sp³-hybridized carbons (Fsp3) is 0.278. The lowest BCUT2D eigenvalue weighted by Gasteiger charge is -2.19. The SMILES string of the molecule is O=C(CCNCc1ccc(Cl)cc1)Nc1ccc2c(c1)OCCO2. The van der Waals surface area contributed by atoms with Crippen LogP contribution in [0.5, 0.6) is 11.5 Å². The zero-order chi connectivity index (χ0) is 16.8. The smallest absolute Gasteiger partial charge is 0.225 e. The van der Waals surface area contributed by atoms with Crippen LogP contribution in [0.4, 0.5) is 5.69 Å². The van der Waals surface area contributed by atoms with Gasteiger partial charge in [-0.05, 0) is 29.8 Å². The van der Waals surface area contributed by atoms with E-state index in [1.54, 1.807) is 6.07 Å². The Morgan fingerprint density at radius 3 is 2.58 bits per heavy atom. The van der Waals surface area contributed by atoms with Crippen molar-refractivity contribution in [3.05, 3.63) is 53.1 Å². The minimum Gasteiger partial charge on any atom is -0.486 e. The van der Waals surface area contributed by atoms with Gasteiger partial charge in [0.15, 0.2) is 11.5 Å². The summed E-state index contributed by atoms with van der Waals surface area (Å²) < 4.78 is 11.0. The highest BCUT2D eigenvalue weighted by Gasteiger charge is 2.12. The first-order valence-electron chi connectivity index (χ1n) is 7.85. The fourth-order valence-electron chi connectivity index (χ4n) is 2.38. The second-order valence-electron chi connectivity index (χ2n) is 5.46. The highest BCUT2D eigenvalue weighted by atomic mass is 35.5. The molecule has 0 fully saturated rings. The molecule has 2 N–H and O–H groups in total. The van der Waals surface area contributed by atoms with E-state index in [0.717, 1.165) is 10.6 Å². The lowest BCUT2D eigenvalue weighted by Crippen LogP contribution is -2.21. The number of hydrogen-bond acceptors (Lipinski definition) is 4. The Labute approximate surface area is 145 Å². The van der Waals surface area contributed by atoms with Crippen LogP contribution in [0.15, 0.2) is 42.5 Å². The minimum atomic E-state index is -0.0460. The Hall–Kier alpha value is -2.24. The average molecular weight is 347 g/mol. The molecule has 0 saturated heterocycles. The molecule has 1 aliphatic heterocycles. The summed E-state index contributed by atoms with van der Waals surface area (Å²) >= 11 is 5.85. The molecule has 0 radical (unpaired) electrons. The van der Waals surface area contributed by atoms with Crippen molar-refractivity contribution in [2.24, 2.45) is 0 Å². The molecule has 2 aromatic rings. The van der Waals surface area contributed by atoms with Crippen molar-refractivity contribution in [3.63, 3.8) is 0 Å². The van der Waals surface area contributed by atoms with Crippen LogP contribution in [0.1, 0.15) is 12.0 Å². The number of carbonyl (C=O) groups excluding carboxylic acids is 1. The van der Waals surface area contributed by atoms with E-state index in [4.69, 9.17) is 21.1 Å². The van der Waals surface area contributed by atoms with Crippen molar-refractivity contribution >= 4 is 23.2 Å². The van der Waals surface area contributed by atoms with Gasteiger partial charge >= 0.3 is 0 Å². The van der Waals surface area contributed by atoms with E-state index < -0.39 is 0 Å². The van der Waals surface area contributed by atoms with E-state index in [1.807, 2.05) is 36.4 Å². The summed E-state index contributed by atoms with van der Waals surface area (Å²) in [7, 11) is 0. The van der Waals surface area contributed by atoms with Crippen LogP contribution < -0.4 is 20.1 Å². The highest BCUT2D eigenvalue weighted by Crippen LogP contribution is 2.32. The molecule has 0 aliphatic carbocycles. The molecule has 2 aromatic carbocycles. The van der Waals surface area contributed by atoms with E-state index in [9.17, 15) is 4.79 Å². The number of halogens is 1. The van der Waals surface area contributed by atoms with Gasteiger partial charge in [-0.3, -0.25) is 4.79 Å². The topological polar surface area (TPSA) is 59.6 Å². The molecule has 0 unspecified atom stereocenters. The summed E-state index contributed by atoms with van der Waals surface area (Å²) in [5, 5.41) is 6.83. The van der Waals surface area contributed by atoms with E-state index in [0.29, 0.717) is 49.9 Å². The Bertz CT molecular complexity index is 704. The van der Waals surface area contributed by atoms with Crippen molar-refractivity contribution in [1.29, 1.82) is 0 Å². The molecular weight excluding hydrogens is 328 g/mol. The minimum absolute atomic E-state index is 0.0460. The maximum Gasteiger partial charge on any atom is 0.225 e. The van der Waals surface area contributed by atoms with Crippen molar-refractivity contribution < 1.29 is 14.3 Å². The molecule has 0 saturated carbocycles.